The van der Waals surface area contributed by atoms with E-state index in [2.05, 4.69) is 108 Å². The molecule has 2 fully saturated rings. The summed E-state index contributed by atoms with van der Waals surface area (Å²) in [5.41, 5.74) is 7.80. The summed E-state index contributed by atoms with van der Waals surface area (Å²) in [4.78, 5) is 0. The molecule has 2 aliphatic rings. The van der Waals surface area contributed by atoms with E-state index < -0.39 is 0 Å². The van der Waals surface area contributed by atoms with Crippen molar-refractivity contribution < 1.29 is 9.47 Å². The molecule has 0 aromatic heterocycles. The second-order valence-electron chi connectivity index (χ2n) is 11.1. The lowest BCUT2D eigenvalue weighted by Gasteiger charge is -2.22. The molecule has 0 amide bonds. The lowest BCUT2D eigenvalue weighted by molar-refractivity contribution is 0.189. The Hall–Kier alpha value is -3.54. The molecule has 2 aliphatic heterocycles. The van der Waals surface area contributed by atoms with Gasteiger partial charge in [-0.15, -0.1) is 0 Å². The quantitative estimate of drug-likeness (QED) is 0.226. The Labute approximate surface area is 236 Å². The Kier molecular flexibility index (Phi) is 7.32. The SMILES string of the molecule is c1ccc2c(-c3cc(CN[C@@H]4CCOC4)c(-c4cccc5ccccc45)cc3CN[C@@H]3CCOC3)cccc2c1. The summed E-state index contributed by atoms with van der Waals surface area (Å²) >= 11 is 0. The molecule has 0 spiro atoms. The molecule has 0 saturated carbocycles. The molecular weight excluding hydrogens is 492 g/mol. The van der Waals surface area contributed by atoms with E-state index in [-0.39, 0.29) is 0 Å². The Morgan fingerprint density at radius 3 is 1.43 bits per heavy atom. The Bertz CT molecular complexity index is 1500. The Morgan fingerprint density at radius 2 is 0.975 bits per heavy atom. The van der Waals surface area contributed by atoms with Crippen molar-refractivity contribution in [1.82, 2.24) is 10.6 Å². The minimum absolute atomic E-state index is 0.394. The molecule has 0 unspecified atom stereocenters. The second-order valence-corrected chi connectivity index (χ2v) is 11.1. The third-order valence-electron chi connectivity index (χ3n) is 8.51. The molecule has 40 heavy (non-hydrogen) atoms. The molecule has 2 N–H and O–H groups in total. The molecule has 2 saturated heterocycles. The first-order chi connectivity index (χ1) is 19.8. The summed E-state index contributed by atoms with van der Waals surface area (Å²) in [7, 11) is 0. The Morgan fingerprint density at radius 1 is 0.525 bits per heavy atom. The number of fused-ring (bicyclic) bond motifs is 2. The largest absolute Gasteiger partial charge is 0.380 e. The van der Waals surface area contributed by atoms with Gasteiger partial charge in [-0.1, -0.05) is 84.9 Å². The van der Waals surface area contributed by atoms with E-state index in [1.165, 1.54) is 54.9 Å². The van der Waals surface area contributed by atoms with Crippen molar-refractivity contribution >= 4 is 21.5 Å². The molecule has 2 heterocycles. The number of rotatable bonds is 8. The van der Waals surface area contributed by atoms with Gasteiger partial charge in [0.25, 0.3) is 0 Å². The van der Waals surface area contributed by atoms with E-state index in [9.17, 15) is 0 Å². The van der Waals surface area contributed by atoms with Crippen LogP contribution in [0.1, 0.15) is 24.0 Å². The van der Waals surface area contributed by atoms with Gasteiger partial charge >= 0.3 is 0 Å². The minimum Gasteiger partial charge on any atom is -0.380 e. The highest BCUT2D eigenvalue weighted by atomic mass is 16.5. The summed E-state index contributed by atoms with van der Waals surface area (Å²) in [5.74, 6) is 0. The molecule has 0 bridgehead atoms. The second kappa shape index (κ2) is 11.5. The van der Waals surface area contributed by atoms with Crippen molar-refractivity contribution in [3.05, 3.63) is 108 Å². The zero-order valence-electron chi connectivity index (χ0n) is 22.9. The monoisotopic (exact) mass is 528 g/mol. The average molecular weight is 529 g/mol. The fraction of sp³-hybridized carbons (Fsp3) is 0.278. The maximum Gasteiger partial charge on any atom is 0.0620 e. The highest BCUT2D eigenvalue weighted by Gasteiger charge is 2.21. The van der Waals surface area contributed by atoms with Gasteiger partial charge in [-0.2, -0.15) is 0 Å². The van der Waals surface area contributed by atoms with Crippen LogP contribution in [-0.2, 0) is 22.6 Å². The number of ether oxygens (including phenoxy) is 2. The van der Waals surface area contributed by atoms with Crippen molar-refractivity contribution in [3.8, 4) is 22.3 Å². The summed E-state index contributed by atoms with van der Waals surface area (Å²) in [6.07, 6.45) is 2.12. The normalized spacial score (nSPS) is 19.1. The zero-order valence-corrected chi connectivity index (χ0v) is 22.9. The van der Waals surface area contributed by atoms with Crippen LogP contribution in [0.5, 0.6) is 0 Å². The number of hydrogen-bond acceptors (Lipinski definition) is 4. The van der Waals surface area contributed by atoms with Crippen molar-refractivity contribution in [2.75, 3.05) is 26.4 Å². The van der Waals surface area contributed by atoms with Crippen LogP contribution in [0.3, 0.4) is 0 Å². The fourth-order valence-corrected chi connectivity index (χ4v) is 6.30. The summed E-state index contributed by atoms with van der Waals surface area (Å²) in [5, 5.41) is 12.7. The van der Waals surface area contributed by atoms with E-state index in [4.69, 9.17) is 9.47 Å². The van der Waals surface area contributed by atoms with Gasteiger partial charge in [0.2, 0.25) is 0 Å². The Balaban J connectivity index is 1.40. The van der Waals surface area contributed by atoms with Crippen molar-refractivity contribution in [1.29, 1.82) is 0 Å². The zero-order chi connectivity index (χ0) is 26.7. The maximum atomic E-state index is 5.68. The standard InChI is InChI=1S/C36H36N2O2/c1-3-11-31-25(7-1)9-5-13-33(31)35-19-28(22-38-30-16-18-40-24-30)36(20-27(35)21-37-29-15-17-39-23-29)34-14-6-10-26-8-2-4-12-32(26)34/h1-14,19-20,29-30,37-38H,15-18,21-24H2/t29-,30-/m1/s1. The molecule has 4 nitrogen and oxygen atoms in total. The molecule has 202 valence electrons. The van der Waals surface area contributed by atoms with Crippen LogP contribution in [0.4, 0.5) is 0 Å². The first-order valence-corrected chi connectivity index (χ1v) is 14.6. The van der Waals surface area contributed by atoms with Gasteiger partial charge in [0.05, 0.1) is 13.2 Å². The van der Waals surface area contributed by atoms with E-state index in [0.29, 0.717) is 12.1 Å². The molecule has 5 aromatic carbocycles. The minimum atomic E-state index is 0.394. The van der Waals surface area contributed by atoms with Gasteiger partial charge in [0.1, 0.15) is 0 Å². The van der Waals surface area contributed by atoms with Gasteiger partial charge < -0.3 is 20.1 Å². The molecule has 4 heteroatoms. The van der Waals surface area contributed by atoms with E-state index in [1.807, 2.05) is 0 Å². The van der Waals surface area contributed by atoms with Gasteiger partial charge in [-0.25, -0.2) is 0 Å². The number of benzene rings is 5. The van der Waals surface area contributed by atoms with Crippen LogP contribution in [0.15, 0.2) is 97.1 Å². The predicted octanol–water partition coefficient (Wildman–Crippen LogP) is 7.08. The highest BCUT2D eigenvalue weighted by molar-refractivity contribution is 6.00. The molecule has 2 atom stereocenters. The van der Waals surface area contributed by atoms with Crippen LogP contribution in [0.25, 0.3) is 43.8 Å². The lowest BCUT2D eigenvalue weighted by Crippen LogP contribution is -2.29. The maximum absolute atomic E-state index is 5.68. The van der Waals surface area contributed by atoms with Crippen molar-refractivity contribution in [2.45, 2.75) is 38.0 Å². The van der Waals surface area contributed by atoms with E-state index in [1.54, 1.807) is 0 Å². The van der Waals surface area contributed by atoms with Crippen LogP contribution in [0, 0.1) is 0 Å². The van der Waals surface area contributed by atoms with E-state index in [0.717, 1.165) is 52.4 Å². The molecule has 7 rings (SSSR count). The lowest BCUT2D eigenvalue weighted by atomic mass is 9.87. The van der Waals surface area contributed by atoms with Crippen LogP contribution >= 0.6 is 0 Å². The highest BCUT2D eigenvalue weighted by Crippen LogP contribution is 2.38. The number of nitrogens with one attached hydrogen (secondary N) is 2. The van der Waals surface area contributed by atoms with Gasteiger partial charge in [0.15, 0.2) is 0 Å². The smallest absolute Gasteiger partial charge is 0.0620 e. The predicted molar refractivity (Wildman–Crippen MR) is 164 cm³/mol. The number of hydrogen-bond donors (Lipinski definition) is 2. The van der Waals surface area contributed by atoms with Gasteiger partial charge in [-0.05, 0) is 79.9 Å². The van der Waals surface area contributed by atoms with Crippen LogP contribution in [-0.4, -0.2) is 38.5 Å². The molecule has 0 radical (unpaired) electrons. The molecule has 5 aromatic rings. The topological polar surface area (TPSA) is 42.5 Å². The fourth-order valence-electron chi connectivity index (χ4n) is 6.30. The average Bonchev–Trinajstić information content (AvgIpc) is 3.73. The summed E-state index contributed by atoms with van der Waals surface area (Å²) in [6.45, 7) is 4.84. The van der Waals surface area contributed by atoms with Crippen molar-refractivity contribution in [2.24, 2.45) is 0 Å². The first kappa shape index (κ1) is 25.4. The first-order valence-electron chi connectivity index (χ1n) is 14.6. The molecule has 0 aliphatic carbocycles. The van der Waals surface area contributed by atoms with Crippen LogP contribution < -0.4 is 10.6 Å². The van der Waals surface area contributed by atoms with Gasteiger partial charge in [0, 0.05) is 38.4 Å². The third kappa shape index (κ3) is 5.16. The van der Waals surface area contributed by atoms with Crippen LogP contribution in [0.2, 0.25) is 0 Å². The third-order valence-corrected chi connectivity index (χ3v) is 8.51. The van der Waals surface area contributed by atoms with E-state index >= 15 is 0 Å². The van der Waals surface area contributed by atoms with Gasteiger partial charge in [-0.3, -0.25) is 0 Å². The summed E-state index contributed by atoms with van der Waals surface area (Å²) in [6, 6.07) is 36.5. The molecular formula is C36H36N2O2. The van der Waals surface area contributed by atoms with Crippen molar-refractivity contribution in [3.63, 3.8) is 0 Å². The summed E-state index contributed by atoms with van der Waals surface area (Å²) < 4.78 is 11.4.